The summed E-state index contributed by atoms with van der Waals surface area (Å²) in [6.07, 6.45) is 2.05. The quantitative estimate of drug-likeness (QED) is 0.426. The molecule has 1 unspecified atom stereocenters. The molecule has 2 heterocycles. The number of amides is 3. The molecule has 1 aliphatic heterocycles. The smallest absolute Gasteiger partial charge is 0.262 e. The number of imide groups is 1. The number of benzene rings is 2. The molecular weight excluding hydrogens is 468 g/mol. The molecule has 1 saturated carbocycles. The maximum Gasteiger partial charge on any atom is 0.262 e. The van der Waals surface area contributed by atoms with Crippen molar-refractivity contribution in [3.8, 4) is 11.5 Å². The largest absolute Gasteiger partial charge is 0.419 e. The lowest BCUT2D eigenvalue weighted by atomic mass is 10.0. The first-order valence-electron chi connectivity index (χ1n) is 11.7. The maximum absolute atomic E-state index is 13.9. The first-order valence-corrected chi connectivity index (χ1v) is 12.1. The van der Waals surface area contributed by atoms with Crippen molar-refractivity contribution >= 4 is 29.3 Å². The van der Waals surface area contributed by atoms with E-state index in [2.05, 4.69) is 10.2 Å². The first kappa shape index (κ1) is 23.2. The zero-order valence-electron chi connectivity index (χ0n) is 19.5. The van der Waals surface area contributed by atoms with Gasteiger partial charge in [0.05, 0.1) is 28.3 Å². The van der Waals surface area contributed by atoms with Gasteiger partial charge in [-0.05, 0) is 49.4 Å². The number of aromatic nitrogens is 2. The van der Waals surface area contributed by atoms with Crippen molar-refractivity contribution in [1.29, 1.82) is 0 Å². The van der Waals surface area contributed by atoms with Crippen molar-refractivity contribution in [2.24, 2.45) is 5.92 Å². The van der Waals surface area contributed by atoms with Crippen molar-refractivity contribution in [3.63, 3.8) is 0 Å². The van der Waals surface area contributed by atoms with E-state index >= 15 is 0 Å². The summed E-state index contributed by atoms with van der Waals surface area (Å²) in [4.78, 5) is 43.0. The van der Waals surface area contributed by atoms with Gasteiger partial charge in [-0.2, -0.15) is 0 Å². The second-order valence-corrected chi connectivity index (χ2v) is 9.76. The van der Waals surface area contributed by atoms with Crippen molar-refractivity contribution in [2.45, 2.75) is 51.7 Å². The summed E-state index contributed by atoms with van der Waals surface area (Å²) in [7, 11) is 0. The van der Waals surface area contributed by atoms with Crippen LogP contribution in [0.25, 0.3) is 11.5 Å². The molecule has 2 aliphatic rings. The molecule has 5 rings (SSSR count). The molecule has 180 valence electrons. The van der Waals surface area contributed by atoms with Crippen LogP contribution in [0.3, 0.4) is 0 Å². The highest BCUT2D eigenvalue weighted by Gasteiger charge is 2.46. The molecule has 0 N–H and O–H groups in total. The van der Waals surface area contributed by atoms with Crippen molar-refractivity contribution in [2.75, 3.05) is 0 Å². The number of nitrogens with zero attached hydrogens (tertiary/aromatic N) is 4. The number of hydrogen-bond donors (Lipinski definition) is 0. The molecule has 1 atom stereocenters. The Kier molecular flexibility index (Phi) is 6.15. The Labute approximate surface area is 207 Å². The van der Waals surface area contributed by atoms with Crippen LogP contribution in [0.2, 0.25) is 5.02 Å². The Hall–Kier alpha value is -3.52. The van der Waals surface area contributed by atoms with Gasteiger partial charge in [-0.3, -0.25) is 19.3 Å². The lowest BCUT2D eigenvalue weighted by Crippen LogP contribution is -2.52. The molecule has 1 fully saturated rings. The van der Waals surface area contributed by atoms with Gasteiger partial charge in [-0.15, -0.1) is 10.2 Å². The average Bonchev–Trinajstić information content (AvgIpc) is 3.53. The topological polar surface area (TPSA) is 96.6 Å². The fourth-order valence-corrected chi connectivity index (χ4v) is 4.64. The van der Waals surface area contributed by atoms with E-state index in [-0.39, 0.29) is 36.2 Å². The van der Waals surface area contributed by atoms with E-state index in [4.69, 9.17) is 16.0 Å². The molecule has 3 amide bonds. The second-order valence-electron chi connectivity index (χ2n) is 9.35. The van der Waals surface area contributed by atoms with E-state index in [1.807, 2.05) is 26.0 Å². The van der Waals surface area contributed by atoms with Crippen LogP contribution in [0.15, 0.2) is 52.9 Å². The molecule has 3 aromatic rings. The third-order valence-electron chi connectivity index (χ3n) is 6.26. The van der Waals surface area contributed by atoms with Gasteiger partial charge < -0.3 is 9.32 Å². The zero-order valence-corrected chi connectivity index (χ0v) is 20.2. The number of carbonyl (C=O) groups excluding carboxylic acids is 3. The molecule has 1 aromatic heterocycles. The van der Waals surface area contributed by atoms with E-state index in [1.165, 1.54) is 0 Å². The average molecular weight is 493 g/mol. The van der Waals surface area contributed by atoms with Gasteiger partial charge in [-0.1, -0.05) is 49.7 Å². The standard InChI is InChI=1S/C26H25ClN4O4/c1-15(2)13-21(31-24(32)17-7-3-4-8-18(17)25(31)33)26(34)30(16-11-12-16)14-22-28-29-23(35-22)19-9-5-6-10-20(19)27/h3-10,15-16,21H,11-14H2,1-2H3. The number of carbonyl (C=O) groups is 3. The summed E-state index contributed by atoms with van der Waals surface area (Å²) < 4.78 is 5.84. The van der Waals surface area contributed by atoms with Crippen molar-refractivity contribution < 1.29 is 18.8 Å². The summed E-state index contributed by atoms with van der Waals surface area (Å²) in [5.74, 6) is -0.519. The third kappa shape index (κ3) is 4.46. The van der Waals surface area contributed by atoms with Gasteiger partial charge in [0, 0.05) is 6.04 Å². The fourth-order valence-electron chi connectivity index (χ4n) is 4.43. The zero-order chi connectivity index (χ0) is 24.7. The molecule has 1 aliphatic carbocycles. The summed E-state index contributed by atoms with van der Waals surface area (Å²) in [6, 6.07) is 12.9. The van der Waals surface area contributed by atoms with Gasteiger partial charge in [0.15, 0.2) is 0 Å². The molecule has 0 bridgehead atoms. The molecule has 0 radical (unpaired) electrons. The highest BCUT2D eigenvalue weighted by atomic mass is 35.5. The lowest BCUT2D eigenvalue weighted by molar-refractivity contribution is -0.137. The minimum absolute atomic E-state index is 0.00279. The highest BCUT2D eigenvalue weighted by molar-refractivity contribution is 6.33. The lowest BCUT2D eigenvalue weighted by Gasteiger charge is -2.32. The normalized spacial score (nSPS) is 16.1. The molecule has 0 saturated heterocycles. The van der Waals surface area contributed by atoms with E-state index in [0.29, 0.717) is 28.1 Å². The number of hydrogen-bond acceptors (Lipinski definition) is 6. The van der Waals surface area contributed by atoms with Crippen LogP contribution in [-0.4, -0.2) is 49.8 Å². The van der Waals surface area contributed by atoms with Gasteiger partial charge in [0.1, 0.15) is 6.04 Å². The maximum atomic E-state index is 13.9. The molecule has 8 nitrogen and oxygen atoms in total. The predicted octanol–water partition coefficient (Wildman–Crippen LogP) is 4.59. The van der Waals surface area contributed by atoms with E-state index in [1.54, 1.807) is 41.3 Å². The van der Waals surface area contributed by atoms with Crippen LogP contribution in [-0.2, 0) is 11.3 Å². The van der Waals surface area contributed by atoms with Gasteiger partial charge >= 0.3 is 0 Å². The van der Waals surface area contributed by atoms with Crippen LogP contribution in [0.4, 0.5) is 0 Å². The number of halogens is 1. The highest BCUT2D eigenvalue weighted by Crippen LogP contribution is 2.34. The van der Waals surface area contributed by atoms with E-state index in [0.717, 1.165) is 17.7 Å². The van der Waals surface area contributed by atoms with Gasteiger partial charge in [0.2, 0.25) is 17.7 Å². The second kappa shape index (κ2) is 9.26. The SMILES string of the molecule is CC(C)CC(C(=O)N(Cc1nnc(-c2ccccc2Cl)o1)C1CC1)N1C(=O)c2ccccc2C1=O. The Morgan fingerprint density at radius 3 is 2.20 bits per heavy atom. The third-order valence-corrected chi connectivity index (χ3v) is 6.59. The van der Waals surface area contributed by atoms with Crippen LogP contribution in [0.1, 0.15) is 59.7 Å². The summed E-state index contributed by atoms with van der Waals surface area (Å²) >= 11 is 6.25. The first-order chi connectivity index (χ1) is 16.8. The Morgan fingerprint density at radius 2 is 1.63 bits per heavy atom. The summed E-state index contributed by atoms with van der Waals surface area (Å²) in [5.41, 5.74) is 1.28. The summed E-state index contributed by atoms with van der Waals surface area (Å²) in [6.45, 7) is 4.03. The molecule has 9 heteroatoms. The van der Waals surface area contributed by atoms with Crippen LogP contribution in [0, 0.1) is 5.92 Å². The number of rotatable bonds is 8. The summed E-state index contributed by atoms with van der Waals surface area (Å²) in [5, 5.41) is 8.72. The monoisotopic (exact) mass is 492 g/mol. The van der Waals surface area contributed by atoms with Gasteiger partial charge in [0.25, 0.3) is 11.8 Å². The van der Waals surface area contributed by atoms with Gasteiger partial charge in [-0.25, -0.2) is 0 Å². The Bertz CT molecular complexity index is 1260. The minimum Gasteiger partial charge on any atom is -0.419 e. The molecule has 35 heavy (non-hydrogen) atoms. The molecule has 0 spiro atoms. The minimum atomic E-state index is -0.908. The number of fused-ring (bicyclic) bond motifs is 1. The van der Waals surface area contributed by atoms with Crippen molar-refractivity contribution in [1.82, 2.24) is 20.0 Å². The van der Waals surface area contributed by atoms with Crippen LogP contribution < -0.4 is 0 Å². The fraction of sp³-hybridized carbons (Fsp3) is 0.346. The van der Waals surface area contributed by atoms with E-state index in [9.17, 15) is 14.4 Å². The molecule has 2 aromatic carbocycles. The van der Waals surface area contributed by atoms with E-state index < -0.39 is 17.9 Å². The van der Waals surface area contributed by atoms with Crippen molar-refractivity contribution in [3.05, 3.63) is 70.6 Å². The Morgan fingerprint density at radius 1 is 1.03 bits per heavy atom. The van der Waals surface area contributed by atoms with Crippen LogP contribution >= 0.6 is 11.6 Å². The Balaban J connectivity index is 1.42. The van der Waals surface area contributed by atoms with Crippen LogP contribution in [0.5, 0.6) is 0 Å². The molecular formula is C26H25ClN4O4. The predicted molar refractivity (Wildman–Crippen MR) is 129 cm³/mol.